The first kappa shape index (κ1) is 13.7. The number of anilines is 1. The molecule has 1 aromatic carbocycles. The van der Waals surface area contributed by atoms with Crippen molar-refractivity contribution in [3.63, 3.8) is 0 Å². The van der Waals surface area contributed by atoms with Gasteiger partial charge in [0.25, 0.3) is 0 Å². The van der Waals surface area contributed by atoms with Crippen LogP contribution in [0.2, 0.25) is 0 Å². The van der Waals surface area contributed by atoms with Crippen LogP contribution in [0.1, 0.15) is 11.3 Å². The second-order valence-corrected chi connectivity index (χ2v) is 5.08. The Morgan fingerprint density at radius 1 is 1.29 bits per heavy atom. The molecular weight excluding hydrogens is 266 g/mol. The van der Waals surface area contributed by atoms with E-state index in [9.17, 15) is 4.79 Å². The van der Waals surface area contributed by atoms with Crippen LogP contribution < -0.4 is 15.5 Å². The van der Waals surface area contributed by atoms with Gasteiger partial charge in [-0.05, 0) is 23.8 Å². The fourth-order valence-corrected chi connectivity index (χ4v) is 2.52. The van der Waals surface area contributed by atoms with Crippen molar-refractivity contribution >= 4 is 11.6 Å². The molecule has 1 aromatic heterocycles. The van der Waals surface area contributed by atoms with Crippen LogP contribution in [-0.4, -0.2) is 25.5 Å². The maximum atomic E-state index is 12.1. The lowest BCUT2D eigenvalue weighted by Crippen LogP contribution is -2.39. The van der Waals surface area contributed by atoms with Crippen molar-refractivity contribution in [1.29, 1.82) is 0 Å². The quantitative estimate of drug-likeness (QED) is 0.894. The number of hydrogen-bond acceptors (Lipinski definition) is 4. The lowest BCUT2D eigenvalue weighted by atomic mass is 10.1. The number of carbonyl (C=O) groups excluding carboxylic acids is 1. The number of hydrogen-bond donors (Lipinski definition) is 2. The zero-order chi connectivity index (χ0) is 14.5. The summed E-state index contributed by atoms with van der Waals surface area (Å²) < 4.78 is 5.21. The Morgan fingerprint density at radius 2 is 2.19 bits per heavy atom. The Morgan fingerprint density at radius 3 is 3.05 bits per heavy atom. The monoisotopic (exact) mass is 285 g/mol. The van der Waals surface area contributed by atoms with Crippen LogP contribution in [0.4, 0.5) is 5.69 Å². The van der Waals surface area contributed by atoms with Crippen LogP contribution in [-0.2, 0) is 17.9 Å². The minimum Gasteiger partial charge on any atom is -0.467 e. The Labute approximate surface area is 123 Å². The van der Waals surface area contributed by atoms with E-state index >= 15 is 0 Å². The summed E-state index contributed by atoms with van der Waals surface area (Å²) in [6.07, 6.45) is 1.61. The summed E-state index contributed by atoms with van der Waals surface area (Å²) in [7, 11) is 0. The topological polar surface area (TPSA) is 57.5 Å². The standard InChI is InChI=1S/C16H19N3O2/c20-16(18-11-14-5-3-9-21-14)12-19-8-7-17-10-13-4-1-2-6-15(13)19/h1-6,9,17H,7-8,10-12H2,(H,18,20). The molecule has 0 atom stereocenters. The molecule has 1 aliphatic rings. The number of nitrogens with zero attached hydrogens (tertiary/aromatic N) is 1. The van der Waals surface area contributed by atoms with Crippen LogP contribution in [0, 0.1) is 0 Å². The third kappa shape index (κ3) is 3.44. The van der Waals surface area contributed by atoms with E-state index in [0.717, 1.165) is 31.1 Å². The molecule has 0 bridgehead atoms. The summed E-state index contributed by atoms with van der Waals surface area (Å²) in [5.74, 6) is 0.768. The average molecular weight is 285 g/mol. The molecule has 0 aliphatic carbocycles. The van der Waals surface area contributed by atoms with Crippen molar-refractivity contribution < 1.29 is 9.21 Å². The van der Waals surface area contributed by atoms with Gasteiger partial charge in [-0.1, -0.05) is 18.2 Å². The van der Waals surface area contributed by atoms with Gasteiger partial charge >= 0.3 is 0 Å². The predicted molar refractivity (Wildman–Crippen MR) is 80.9 cm³/mol. The van der Waals surface area contributed by atoms with E-state index in [2.05, 4.69) is 27.7 Å². The molecular formula is C16H19N3O2. The molecule has 0 saturated carbocycles. The second kappa shape index (κ2) is 6.45. The average Bonchev–Trinajstić information content (AvgIpc) is 2.94. The minimum absolute atomic E-state index is 0.00287. The summed E-state index contributed by atoms with van der Waals surface area (Å²) in [5, 5.41) is 6.26. The predicted octanol–water partition coefficient (Wildman–Crippen LogP) is 1.51. The smallest absolute Gasteiger partial charge is 0.239 e. The van der Waals surface area contributed by atoms with Gasteiger partial charge in [-0.2, -0.15) is 0 Å². The fourth-order valence-electron chi connectivity index (χ4n) is 2.52. The number of para-hydroxylation sites is 1. The zero-order valence-electron chi connectivity index (χ0n) is 11.8. The van der Waals surface area contributed by atoms with Gasteiger partial charge in [0.2, 0.25) is 5.91 Å². The van der Waals surface area contributed by atoms with E-state index in [1.807, 2.05) is 24.3 Å². The van der Waals surface area contributed by atoms with Crippen LogP contribution in [0.25, 0.3) is 0 Å². The molecule has 0 saturated heterocycles. The molecule has 21 heavy (non-hydrogen) atoms. The summed E-state index contributed by atoms with van der Waals surface area (Å²) in [5.41, 5.74) is 2.37. The lowest BCUT2D eigenvalue weighted by Gasteiger charge is -2.23. The number of fused-ring (bicyclic) bond motifs is 1. The lowest BCUT2D eigenvalue weighted by molar-refractivity contribution is -0.120. The van der Waals surface area contributed by atoms with Crippen LogP contribution in [0.3, 0.4) is 0 Å². The number of rotatable bonds is 4. The molecule has 1 aliphatic heterocycles. The van der Waals surface area contributed by atoms with Gasteiger partial charge in [-0.15, -0.1) is 0 Å². The first-order valence-electron chi connectivity index (χ1n) is 7.15. The molecule has 0 radical (unpaired) electrons. The fraction of sp³-hybridized carbons (Fsp3) is 0.312. The zero-order valence-corrected chi connectivity index (χ0v) is 11.8. The summed E-state index contributed by atoms with van der Waals surface area (Å²) in [4.78, 5) is 14.2. The Bertz CT molecular complexity index is 595. The summed E-state index contributed by atoms with van der Waals surface area (Å²) in [6.45, 7) is 3.34. The van der Waals surface area contributed by atoms with E-state index in [1.165, 1.54) is 5.56 Å². The van der Waals surface area contributed by atoms with Gasteiger partial charge in [0.1, 0.15) is 5.76 Å². The molecule has 2 N–H and O–H groups in total. The van der Waals surface area contributed by atoms with Gasteiger partial charge in [-0.3, -0.25) is 4.79 Å². The molecule has 2 heterocycles. The molecule has 3 rings (SSSR count). The normalized spacial score (nSPS) is 14.4. The number of carbonyl (C=O) groups is 1. The van der Waals surface area contributed by atoms with Crippen molar-refractivity contribution in [3.8, 4) is 0 Å². The van der Waals surface area contributed by atoms with E-state index < -0.39 is 0 Å². The molecule has 5 heteroatoms. The van der Waals surface area contributed by atoms with Gasteiger partial charge < -0.3 is 20.0 Å². The molecule has 0 spiro atoms. The van der Waals surface area contributed by atoms with Gasteiger partial charge in [0.15, 0.2) is 0 Å². The third-order valence-corrected chi connectivity index (χ3v) is 3.58. The van der Waals surface area contributed by atoms with Gasteiger partial charge in [0.05, 0.1) is 19.4 Å². The highest BCUT2D eigenvalue weighted by Crippen LogP contribution is 2.21. The number of amides is 1. The summed E-state index contributed by atoms with van der Waals surface area (Å²) >= 11 is 0. The van der Waals surface area contributed by atoms with Crippen molar-refractivity contribution in [2.24, 2.45) is 0 Å². The van der Waals surface area contributed by atoms with Crippen LogP contribution in [0.5, 0.6) is 0 Å². The third-order valence-electron chi connectivity index (χ3n) is 3.58. The minimum atomic E-state index is 0.00287. The van der Waals surface area contributed by atoms with E-state index in [-0.39, 0.29) is 5.91 Å². The highest BCUT2D eigenvalue weighted by Gasteiger charge is 2.17. The Hall–Kier alpha value is -2.27. The molecule has 2 aromatic rings. The Kier molecular flexibility index (Phi) is 4.21. The van der Waals surface area contributed by atoms with Gasteiger partial charge in [-0.25, -0.2) is 0 Å². The van der Waals surface area contributed by atoms with E-state index in [0.29, 0.717) is 13.1 Å². The maximum Gasteiger partial charge on any atom is 0.239 e. The first-order chi connectivity index (χ1) is 10.3. The van der Waals surface area contributed by atoms with Crippen molar-refractivity contribution in [1.82, 2.24) is 10.6 Å². The molecule has 0 unspecified atom stereocenters. The number of benzene rings is 1. The highest BCUT2D eigenvalue weighted by molar-refractivity contribution is 5.81. The van der Waals surface area contributed by atoms with E-state index in [4.69, 9.17) is 4.42 Å². The molecule has 0 fully saturated rings. The van der Waals surface area contributed by atoms with Gasteiger partial charge in [0, 0.05) is 25.3 Å². The molecule has 5 nitrogen and oxygen atoms in total. The van der Waals surface area contributed by atoms with Crippen molar-refractivity contribution in [2.45, 2.75) is 13.1 Å². The molecule has 110 valence electrons. The van der Waals surface area contributed by atoms with Crippen LogP contribution in [0.15, 0.2) is 47.1 Å². The SMILES string of the molecule is O=C(CN1CCNCc2ccccc21)NCc1ccco1. The van der Waals surface area contributed by atoms with E-state index in [1.54, 1.807) is 6.26 Å². The number of furan rings is 1. The molecule has 1 amide bonds. The first-order valence-corrected chi connectivity index (χ1v) is 7.15. The largest absolute Gasteiger partial charge is 0.467 e. The highest BCUT2D eigenvalue weighted by atomic mass is 16.3. The maximum absolute atomic E-state index is 12.1. The number of nitrogens with one attached hydrogen (secondary N) is 2. The van der Waals surface area contributed by atoms with Crippen molar-refractivity contribution in [3.05, 3.63) is 54.0 Å². The van der Waals surface area contributed by atoms with Crippen LogP contribution >= 0.6 is 0 Å². The van der Waals surface area contributed by atoms with Crippen molar-refractivity contribution in [2.75, 3.05) is 24.5 Å². The second-order valence-electron chi connectivity index (χ2n) is 5.08. The summed E-state index contributed by atoms with van der Waals surface area (Å²) in [6, 6.07) is 11.9. The Balaban J connectivity index is 1.62.